The monoisotopic (exact) mass is 361 g/mol. The van der Waals surface area contributed by atoms with Crippen molar-refractivity contribution in [3.05, 3.63) is 29.8 Å². The van der Waals surface area contributed by atoms with Crippen molar-refractivity contribution in [1.29, 1.82) is 0 Å². The standard InChI is InChI=1S/C20H31N3O3/c1-5-15-26-18(24)16-7-9-17(10-8-16)21-19(25)22-11-6-12-23(14-13-22)20(2,3)4/h7-10H,5-6,11-15H2,1-4H3,(H,21,25). The molecule has 0 spiro atoms. The average Bonchev–Trinajstić information content (AvgIpc) is 2.86. The van der Waals surface area contributed by atoms with E-state index in [1.54, 1.807) is 24.3 Å². The van der Waals surface area contributed by atoms with Crippen LogP contribution in [-0.4, -0.2) is 60.1 Å². The van der Waals surface area contributed by atoms with Crippen LogP contribution in [0, 0.1) is 0 Å². The molecule has 0 aliphatic carbocycles. The van der Waals surface area contributed by atoms with Crippen LogP contribution < -0.4 is 5.32 Å². The van der Waals surface area contributed by atoms with Crippen molar-refractivity contribution in [1.82, 2.24) is 9.80 Å². The summed E-state index contributed by atoms with van der Waals surface area (Å²) in [5.41, 5.74) is 1.29. The van der Waals surface area contributed by atoms with Gasteiger partial charge in [0.15, 0.2) is 0 Å². The molecule has 0 atom stereocenters. The van der Waals surface area contributed by atoms with Crippen molar-refractivity contribution in [3.8, 4) is 0 Å². The number of urea groups is 1. The van der Waals surface area contributed by atoms with Crippen LogP contribution in [0.4, 0.5) is 10.5 Å². The van der Waals surface area contributed by atoms with Crippen molar-refractivity contribution >= 4 is 17.7 Å². The zero-order chi connectivity index (χ0) is 19.2. The van der Waals surface area contributed by atoms with E-state index in [1.165, 1.54) is 0 Å². The molecule has 1 saturated heterocycles. The van der Waals surface area contributed by atoms with Crippen LogP contribution in [0.25, 0.3) is 0 Å². The number of anilines is 1. The summed E-state index contributed by atoms with van der Waals surface area (Å²) in [4.78, 5) is 28.6. The molecule has 0 aromatic heterocycles. The molecule has 1 aromatic rings. The van der Waals surface area contributed by atoms with E-state index < -0.39 is 0 Å². The Labute approximate surface area is 156 Å². The zero-order valence-electron chi connectivity index (χ0n) is 16.4. The molecule has 1 fully saturated rings. The lowest BCUT2D eigenvalue weighted by Gasteiger charge is -2.34. The summed E-state index contributed by atoms with van der Waals surface area (Å²) in [6.07, 6.45) is 1.76. The van der Waals surface area contributed by atoms with E-state index in [0.29, 0.717) is 24.4 Å². The molecule has 6 nitrogen and oxygen atoms in total. The SMILES string of the molecule is CCCOC(=O)c1ccc(NC(=O)N2CCCN(C(C)(C)C)CC2)cc1. The van der Waals surface area contributed by atoms with Gasteiger partial charge in [-0.05, 0) is 57.9 Å². The molecule has 1 aliphatic heterocycles. The first kappa shape index (κ1) is 20.2. The molecule has 6 heteroatoms. The summed E-state index contributed by atoms with van der Waals surface area (Å²) in [6, 6.07) is 6.73. The summed E-state index contributed by atoms with van der Waals surface area (Å²) in [6.45, 7) is 12.3. The maximum absolute atomic E-state index is 12.5. The molecule has 0 unspecified atom stereocenters. The van der Waals surface area contributed by atoms with E-state index in [4.69, 9.17) is 4.74 Å². The second kappa shape index (κ2) is 9.03. The Balaban J connectivity index is 1.90. The van der Waals surface area contributed by atoms with Gasteiger partial charge in [-0.2, -0.15) is 0 Å². The second-order valence-corrected chi connectivity index (χ2v) is 7.64. The van der Waals surface area contributed by atoms with Gasteiger partial charge in [0.05, 0.1) is 12.2 Å². The minimum atomic E-state index is -0.334. The van der Waals surface area contributed by atoms with Crippen LogP contribution in [-0.2, 0) is 4.74 Å². The fourth-order valence-electron chi connectivity index (χ4n) is 2.96. The highest BCUT2D eigenvalue weighted by atomic mass is 16.5. The molecule has 2 rings (SSSR count). The predicted octanol–water partition coefficient (Wildman–Crippen LogP) is 3.59. The first-order valence-corrected chi connectivity index (χ1v) is 9.39. The van der Waals surface area contributed by atoms with Gasteiger partial charge in [0, 0.05) is 37.4 Å². The van der Waals surface area contributed by atoms with Crippen LogP contribution in [0.15, 0.2) is 24.3 Å². The highest BCUT2D eigenvalue weighted by Crippen LogP contribution is 2.17. The summed E-state index contributed by atoms with van der Waals surface area (Å²) in [5.74, 6) is -0.334. The summed E-state index contributed by atoms with van der Waals surface area (Å²) >= 11 is 0. The highest BCUT2D eigenvalue weighted by Gasteiger charge is 2.25. The first-order chi connectivity index (χ1) is 12.3. The third kappa shape index (κ3) is 5.73. The topological polar surface area (TPSA) is 61.9 Å². The maximum atomic E-state index is 12.5. The number of ether oxygens (including phenoxy) is 1. The molecular weight excluding hydrogens is 330 g/mol. The Hall–Kier alpha value is -2.08. The number of amides is 2. The lowest BCUT2D eigenvalue weighted by molar-refractivity contribution is 0.0505. The van der Waals surface area contributed by atoms with E-state index in [1.807, 2.05) is 11.8 Å². The third-order valence-electron chi connectivity index (χ3n) is 4.54. The molecule has 144 valence electrons. The number of hydrogen-bond acceptors (Lipinski definition) is 4. The van der Waals surface area contributed by atoms with Gasteiger partial charge in [-0.15, -0.1) is 0 Å². The molecular formula is C20H31N3O3. The predicted molar refractivity (Wildman–Crippen MR) is 104 cm³/mol. The van der Waals surface area contributed by atoms with Crippen molar-refractivity contribution in [2.45, 2.75) is 46.1 Å². The van der Waals surface area contributed by atoms with Gasteiger partial charge in [-0.25, -0.2) is 9.59 Å². The number of carbonyl (C=O) groups excluding carboxylic acids is 2. The summed E-state index contributed by atoms with van der Waals surface area (Å²) in [7, 11) is 0. The molecule has 0 bridgehead atoms. The van der Waals surface area contributed by atoms with Crippen molar-refractivity contribution < 1.29 is 14.3 Å². The number of carbonyl (C=O) groups is 2. The fraction of sp³-hybridized carbons (Fsp3) is 0.600. The Bertz CT molecular complexity index is 608. The second-order valence-electron chi connectivity index (χ2n) is 7.64. The van der Waals surface area contributed by atoms with E-state index in [9.17, 15) is 9.59 Å². The normalized spacial score (nSPS) is 16.1. The van der Waals surface area contributed by atoms with Gasteiger partial charge in [0.1, 0.15) is 0 Å². The van der Waals surface area contributed by atoms with Crippen LogP contribution in [0.2, 0.25) is 0 Å². The number of rotatable bonds is 4. The summed E-state index contributed by atoms with van der Waals surface area (Å²) in [5, 5.41) is 2.92. The Kier molecular flexibility index (Phi) is 7.03. The molecule has 2 amide bonds. The van der Waals surface area contributed by atoms with Gasteiger partial charge in [-0.1, -0.05) is 6.92 Å². The molecule has 0 saturated carbocycles. The lowest BCUT2D eigenvalue weighted by Crippen LogP contribution is -2.44. The van der Waals surface area contributed by atoms with E-state index in [2.05, 4.69) is 31.0 Å². The van der Waals surface area contributed by atoms with Crippen LogP contribution >= 0.6 is 0 Å². The number of hydrogen-bond donors (Lipinski definition) is 1. The molecule has 1 N–H and O–H groups in total. The Morgan fingerprint density at radius 1 is 1.08 bits per heavy atom. The number of nitrogens with zero attached hydrogens (tertiary/aromatic N) is 2. The van der Waals surface area contributed by atoms with E-state index in [0.717, 1.165) is 32.5 Å². The highest BCUT2D eigenvalue weighted by molar-refractivity contribution is 5.92. The Morgan fingerprint density at radius 2 is 1.77 bits per heavy atom. The number of esters is 1. The van der Waals surface area contributed by atoms with Crippen LogP contribution in [0.3, 0.4) is 0 Å². The van der Waals surface area contributed by atoms with Gasteiger partial charge in [0.25, 0.3) is 0 Å². The smallest absolute Gasteiger partial charge is 0.338 e. The largest absolute Gasteiger partial charge is 0.462 e. The van der Waals surface area contributed by atoms with E-state index in [-0.39, 0.29) is 17.5 Å². The van der Waals surface area contributed by atoms with Crippen LogP contribution in [0.1, 0.15) is 50.9 Å². The third-order valence-corrected chi connectivity index (χ3v) is 4.54. The van der Waals surface area contributed by atoms with Crippen molar-refractivity contribution in [2.24, 2.45) is 0 Å². The lowest BCUT2D eigenvalue weighted by atomic mass is 10.1. The van der Waals surface area contributed by atoms with Gasteiger partial charge in [0.2, 0.25) is 0 Å². The molecule has 1 heterocycles. The zero-order valence-corrected chi connectivity index (χ0v) is 16.4. The Morgan fingerprint density at radius 3 is 2.38 bits per heavy atom. The quantitative estimate of drug-likeness (QED) is 0.833. The van der Waals surface area contributed by atoms with Crippen molar-refractivity contribution in [2.75, 3.05) is 38.1 Å². The summed E-state index contributed by atoms with van der Waals surface area (Å²) < 4.78 is 5.11. The molecule has 0 radical (unpaired) electrons. The molecule has 1 aromatic carbocycles. The van der Waals surface area contributed by atoms with Crippen molar-refractivity contribution in [3.63, 3.8) is 0 Å². The van der Waals surface area contributed by atoms with E-state index >= 15 is 0 Å². The minimum absolute atomic E-state index is 0.0953. The van der Waals surface area contributed by atoms with Gasteiger partial charge < -0.3 is 15.0 Å². The number of nitrogens with one attached hydrogen (secondary N) is 1. The van der Waals surface area contributed by atoms with Gasteiger partial charge in [-0.3, -0.25) is 4.90 Å². The average molecular weight is 361 g/mol. The molecule has 26 heavy (non-hydrogen) atoms. The fourth-order valence-corrected chi connectivity index (χ4v) is 2.96. The maximum Gasteiger partial charge on any atom is 0.338 e. The number of benzene rings is 1. The first-order valence-electron chi connectivity index (χ1n) is 9.39. The van der Waals surface area contributed by atoms with Crippen LogP contribution in [0.5, 0.6) is 0 Å². The molecule has 1 aliphatic rings. The van der Waals surface area contributed by atoms with Gasteiger partial charge >= 0.3 is 12.0 Å². The minimum Gasteiger partial charge on any atom is -0.462 e.